The summed E-state index contributed by atoms with van der Waals surface area (Å²) < 4.78 is 16.0. The van der Waals surface area contributed by atoms with E-state index in [2.05, 4.69) is 61.7 Å². The topological polar surface area (TPSA) is 184 Å². The number of hydrogen-bond donors (Lipinski definition) is 4. The first-order valence-corrected chi connectivity index (χ1v) is 20.4. The van der Waals surface area contributed by atoms with E-state index in [0.29, 0.717) is 24.7 Å². The van der Waals surface area contributed by atoms with Gasteiger partial charge in [0, 0.05) is 22.9 Å². The van der Waals surface area contributed by atoms with Crippen molar-refractivity contribution in [3.8, 4) is 40.0 Å². The number of fused-ring (bicyclic) bond motifs is 6. The van der Waals surface area contributed by atoms with Crippen LogP contribution >= 0.6 is 0 Å². The van der Waals surface area contributed by atoms with Gasteiger partial charge in [-0.25, -0.2) is 19.6 Å². The Morgan fingerprint density at radius 1 is 1.00 bits per heavy atom. The SMILES string of the molecule is CC[C@H](C)N(Cc1ncc(-c2ccc3c(c2)COc2cc4c(ccc5nc(CN6C(=O)[C@@H](NC(=O)OC)C(C)C#C[C@H]6CC)[nH]c54)cc2-3)[nH]1)C(=O)[C@@H](NC(=O)OC)C(C)C. The molecule has 0 saturated heterocycles. The summed E-state index contributed by atoms with van der Waals surface area (Å²) in [6.07, 6.45) is 1.79. The van der Waals surface area contributed by atoms with Crippen LogP contribution in [-0.2, 0) is 38.8 Å². The molecular formula is C45H52N8O7. The van der Waals surface area contributed by atoms with Gasteiger partial charge < -0.3 is 44.6 Å². The summed E-state index contributed by atoms with van der Waals surface area (Å²) in [4.78, 5) is 71.6. The molecule has 0 radical (unpaired) electrons. The van der Waals surface area contributed by atoms with Crippen LogP contribution < -0.4 is 15.4 Å². The first-order valence-electron chi connectivity index (χ1n) is 20.4. The number of benzene rings is 3. The van der Waals surface area contributed by atoms with E-state index in [0.717, 1.165) is 61.9 Å². The largest absolute Gasteiger partial charge is 0.488 e. The minimum Gasteiger partial charge on any atom is -0.488 e. The van der Waals surface area contributed by atoms with Gasteiger partial charge in [0.15, 0.2) is 0 Å². The van der Waals surface area contributed by atoms with E-state index >= 15 is 0 Å². The number of carbonyl (C=O) groups is 4. The third-order valence-corrected chi connectivity index (χ3v) is 11.5. The fourth-order valence-corrected chi connectivity index (χ4v) is 7.87. The van der Waals surface area contributed by atoms with Crippen molar-refractivity contribution in [1.82, 2.24) is 40.4 Å². The first-order chi connectivity index (χ1) is 28.8. The molecule has 7 rings (SSSR count). The summed E-state index contributed by atoms with van der Waals surface area (Å²) in [6, 6.07) is 12.4. The Morgan fingerprint density at radius 2 is 1.78 bits per heavy atom. The van der Waals surface area contributed by atoms with Gasteiger partial charge in [-0.1, -0.05) is 57.7 Å². The van der Waals surface area contributed by atoms with Crippen LogP contribution in [-0.4, -0.2) is 92.1 Å². The van der Waals surface area contributed by atoms with Crippen molar-refractivity contribution in [3.63, 3.8) is 0 Å². The zero-order valence-electron chi connectivity index (χ0n) is 35.3. The van der Waals surface area contributed by atoms with Crippen LogP contribution in [0.3, 0.4) is 0 Å². The van der Waals surface area contributed by atoms with Gasteiger partial charge in [0.05, 0.1) is 56.3 Å². The van der Waals surface area contributed by atoms with Gasteiger partial charge in [-0.05, 0) is 78.9 Å². The molecule has 60 heavy (non-hydrogen) atoms. The fourth-order valence-electron chi connectivity index (χ4n) is 7.87. The van der Waals surface area contributed by atoms with Crippen LogP contribution in [0.1, 0.15) is 71.6 Å². The van der Waals surface area contributed by atoms with Crippen molar-refractivity contribution < 1.29 is 33.4 Å². The molecule has 4 amide bonds. The second-order valence-electron chi connectivity index (χ2n) is 15.8. The van der Waals surface area contributed by atoms with Crippen molar-refractivity contribution in [3.05, 3.63) is 65.9 Å². The van der Waals surface area contributed by atoms with Gasteiger partial charge in [-0.2, -0.15) is 0 Å². The lowest BCUT2D eigenvalue weighted by Crippen LogP contribution is -2.53. The number of ether oxygens (including phenoxy) is 3. The van der Waals surface area contributed by atoms with Gasteiger partial charge in [0.2, 0.25) is 11.8 Å². The predicted octanol–water partition coefficient (Wildman–Crippen LogP) is 6.66. The van der Waals surface area contributed by atoms with Crippen molar-refractivity contribution in [2.75, 3.05) is 14.2 Å². The number of amides is 4. The zero-order valence-corrected chi connectivity index (χ0v) is 35.3. The molecule has 4 heterocycles. The maximum atomic E-state index is 13.8. The highest BCUT2D eigenvalue weighted by atomic mass is 16.5. The molecule has 0 bridgehead atoms. The Kier molecular flexibility index (Phi) is 12.0. The lowest BCUT2D eigenvalue weighted by atomic mass is 9.92. The highest BCUT2D eigenvalue weighted by molar-refractivity contribution is 6.07. The van der Waals surface area contributed by atoms with Crippen LogP contribution in [0.25, 0.3) is 44.2 Å². The Labute approximate surface area is 348 Å². The Bertz CT molecular complexity index is 2510. The third kappa shape index (κ3) is 8.19. The second kappa shape index (κ2) is 17.3. The van der Waals surface area contributed by atoms with Crippen LogP contribution in [0.5, 0.6) is 5.75 Å². The molecule has 5 aromatic rings. The number of nitrogens with one attached hydrogen (secondary N) is 4. The number of methoxy groups -OCH3 is 2. The number of imidazole rings is 2. The van der Waals surface area contributed by atoms with E-state index in [4.69, 9.17) is 19.2 Å². The molecule has 2 aliphatic heterocycles. The van der Waals surface area contributed by atoms with E-state index in [9.17, 15) is 19.2 Å². The monoisotopic (exact) mass is 816 g/mol. The molecule has 15 nitrogen and oxygen atoms in total. The molecule has 3 aromatic carbocycles. The highest BCUT2D eigenvalue weighted by Crippen LogP contribution is 2.42. The minimum absolute atomic E-state index is 0.0933. The zero-order chi connectivity index (χ0) is 42.8. The number of nitrogens with zero attached hydrogens (tertiary/aromatic N) is 4. The van der Waals surface area contributed by atoms with Gasteiger partial charge in [0.1, 0.15) is 36.1 Å². The molecular weight excluding hydrogens is 765 g/mol. The summed E-state index contributed by atoms with van der Waals surface area (Å²) in [5.41, 5.74) is 6.39. The summed E-state index contributed by atoms with van der Waals surface area (Å²) in [5, 5.41) is 7.30. The lowest BCUT2D eigenvalue weighted by Gasteiger charge is -2.33. The first kappa shape index (κ1) is 41.6. The number of H-pyrrole nitrogens is 2. The average Bonchev–Trinajstić information content (AvgIpc) is 3.89. The van der Waals surface area contributed by atoms with Gasteiger partial charge in [0.25, 0.3) is 0 Å². The predicted molar refractivity (Wildman–Crippen MR) is 226 cm³/mol. The van der Waals surface area contributed by atoms with Crippen molar-refractivity contribution >= 4 is 45.8 Å². The van der Waals surface area contributed by atoms with Crippen molar-refractivity contribution in [1.29, 1.82) is 0 Å². The number of aromatic nitrogens is 4. The molecule has 2 aromatic heterocycles. The Balaban J connectivity index is 1.12. The minimum atomic E-state index is -0.851. The number of rotatable bonds is 12. The quantitative estimate of drug-likeness (QED) is 0.100. The maximum absolute atomic E-state index is 13.8. The number of carbonyl (C=O) groups excluding carboxylic acids is 4. The maximum Gasteiger partial charge on any atom is 0.407 e. The standard InChI is InChI=1S/C45H52N8O7/c1-9-26(6)52(42(54)39(24(3)4)50-44(56)58-7)21-37-46-20-35(48-37)28-12-15-31-29(17-28)23-60-36-19-32-27(18-33(31)36)13-16-34-41(32)49-38(47-34)22-53-30(10-2)14-11-25(5)40(43(53)55)51-45(57)59-8/h12-13,15-20,24-26,30,39-40H,9-10,21-23H2,1-8H3,(H,46,48)(H,47,49)(H,50,56)(H,51,57)/t25?,26-,30+,39-,40-/m0/s1. The molecule has 2 aliphatic rings. The molecule has 5 atom stereocenters. The summed E-state index contributed by atoms with van der Waals surface area (Å²) in [6.45, 7) is 12.4. The van der Waals surface area contributed by atoms with Crippen molar-refractivity contribution in [2.45, 2.75) is 98.2 Å². The van der Waals surface area contributed by atoms with E-state index in [1.54, 1.807) is 16.0 Å². The normalized spacial score (nSPS) is 18.1. The number of alkyl carbamates (subject to hydrolysis) is 2. The third-order valence-electron chi connectivity index (χ3n) is 11.5. The van der Waals surface area contributed by atoms with Gasteiger partial charge in [-0.3, -0.25) is 9.59 Å². The molecule has 15 heteroatoms. The summed E-state index contributed by atoms with van der Waals surface area (Å²) in [7, 11) is 2.55. The Hall–Kier alpha value is -6.56. The molecule has 0 aliphatic carbocycles. The molecule has 314 valence electrons. The number of aromatic amines is 2. The van der Waals surface area contributed by atoms with Gasteiger partial charge >= 0.3 is 12.2 Å². The summed E-state index contributed by atoms with van der Waals surface area (Å²) in [5.74, 6) is 7.35. The van der Waals surface area contributed by atoms with Crippen molar-refractivity contribution in [2.24, 2.45) is 11.8 Å². The number of hydrogen-bond acceptors (Lipinski definition) is 9. The van der Waals surface area contributed by atoms with Crippen LogP contribution in [0.4, 0.5) is 9.59 Å². The van der Waals surface area contributed by atoms with E-state index in [-0.39, 0.29) is 42.9 Å². The van der Waals surface area contributed by atoms with Crippen LogP contribution in [0.2, 0.25) is 0 Å². The van der Waals surface area contributed by atoms with Gasteiger partial charge in [-0.15, -0.1) is 0 Å². The highest BCUT2D eigenvalue weighted by Gasteiger charge is 2.36. The molecule has 0 spiro atoms. The van der Waals surface area contributed by atoms with Crippen LogP contribution in [0, 0.1) is 23.7 Å². The van der Waals surface area contributed by atoms with E-state index in [1.807, 2.05) is 59.7 Å². The lowest BCUT2D eigenvalue weighted by molar-refractivity contribution is -0.137. The Morgan fingerprint density at radius 3 is 2.50 bits per heavy atom. The smallest absolute Gasteiger partial charge is 0.407 e. The molecule has 0 saturated carbocycles. The second-order valence-corrected chi connectivity index (χ2v) is 15.8. The van der Waals surface area contributed by atoms with E-state index < -0.39 is 30.2 Å². The molecule has 0 fully saturated rings. The molecule has 1 unspecified atom stereocenters. The molecule has 4 N–H and O–H groups in total. The van der Waals surface area contributed by atoms with E-state index in [1.165, 1.54) is 14.2 Å². The average molecular weight is 817 g/mol. The van der Waals surface area contributed by atoms with Crippen LogP contribution in [0.15, 0.2) is 48.7 Å². The summed E-state index contributed by atoms with van der Waals surface area (Å²) >= 11 is 0. The fraction of sp³-hybridized carbons (Fsp3) is 0.422.